The lowest BCUT2D eigenvalue weighted by Crippen LogP contribution is -2.28. The molecule has 0 aliphatic heterocycles. The van der Waals surface area contributed by atoms with Crippen LogP contribution in [0.1, 0.15) is 22.8 Å². The van der Waals surface area contributed by atoms with Crippen LogP contribution in [0.5, 0.6) is 0 Å². The van der Waals surface area contributed by atoms with E-state index in [0.717, 1.165) is 15.8 Å². The van der Waals surface area contributed by atoms with Gasteiger partial charge in [0.15, 0.2) is 11.4 Å². The Labute approximate surface area is 198 Å². The number of carbonyl (C=O) groups excluding carboxylic acids is 2. The van der Waals surface area contributed by atoms with Crippen molar-refractivity contribution in [1.82, 2.24) is 24.3 Å². The van der Waals surface area contributed by atoms with Crippen molar-refractivity contribution < 1.29 is 14.1 Å². The summed E-state index contributed by atoms with van der Waals surface area (Å²) in [6.45, 7) is 3.16. The zero-order valence-electron chi connectivity index (χ0n) is 18.9. The second-order valence-corrected chi connectivity index (χ2v) is 8.03. The first-order valence-corrected chi connectivity index (χ1v) is 10.8. The van der Waals surface area contributed by atoms with Crippen molar-refractivity contribution in [2.75, 3.05) is 5.32 Å². The molecule has 0 saturated carbocycles. The standard InChI is InChI=1S/C25H20N6O4/c1-15-5-7-18(8-6-15)22-27-24(35-29-22)20-4-3-13-30-23(20)28-31(25(30)34)14-21(33)26-19-11-9-17(10-12-19)16(2)32/h3-13H,14H2,1-2H3,(H,26,33). The van der Waals surface area contributed by atoms with E-state index in [0.29, 0.717) is 22.6 Å². The molecule has 0 atom stereocenters. The molecule has 0 spiro atoms. The summed E-state index contributed by atoms with van der Waals surface area (Å²) in [7, 11) is 0. The fraction of sp³-hybridized carbons (Fsp3) is 0.120. The highest BCUT2D eigenvalue weighted by Gasteiger charge is 2.18. The van der Waals surface area contributed by atoms with Crippen molar-refractivity contribution >= 4 is 23.0 Å². The Kier molecular flexibility index (Phi) is 5.54. The van der Waals surface area contributed by atoms with Gasteiger partial charge < -0.3 is 9.84 Å². The van der Waals surface area contributed by atoms with Gasteiger partial charge in [-0.15, -0.1) is 5.10 Å². The quantitative estimate of drug-likeness (QED) is 0.379. The maximum absolute atomic E-state index is 12.9. The van der Waals surface area contributed by atoms with Crippen molar-refractivity contribution in [3.8, 4) is 22.8 Å². The number of aryl methyl sites for hydroxylation is 1. The molecule has 0 bridgehead atoms. The molecule has 0 saturated heterocycles. The van der Waals surface area contributed by atoms with E-state index in [9.17, 15) is 14.4 Å². The minimum atomic E-state index is -0.484. The van der Waals surface area contributed by atoms with Gasteiger partial charge in [-0.3, -0.25) is 9.59 Å². The molecule has 174 valence electrons. The average molecular weight is 468 g/mol. The van der Waals surface area contributed by atoms with Crippen LogP contribution in [0.25, 0.3) is 28.5 Å². The van der Waals surface area contributed by atoms with Crippen molar-refractivity contribution in [2.45, 2.75) is 20.4 Å². The Balaban J connectivity index is 1.41. The number of carbonyl (C=O) groups is 2. The second-order valence-electron chi connectivity index (χ2n) is 8.03. The number of benzene rings is 2. The third kappa shape index (κ3) is 4.36. The molecule has 0 aliphatic rings. The van der Waals surface area contributed by atoms with Crippen LogP contribution in [0.2, 0.25) is 0 Å². The van der Waals surface area contributed by atoms with Crippen LogP contribution < -0.4 is 11.0 Å². The fourth-order valence-electron chi connectivity index (χ4n) is 3.59. The molecule has 3 heterocycles. The van der Waals surface area contributed by atoms with E-state index in [1.807, 2.05) is 31.2 Å². The van der Waals surface area contributed by atoms with Gasteiger partial charge in [0.2, 0.25) is 11.7 Å². The van der Waals surface area contributed by atoms with Gasteiger partial charge in [-0.25, -0.2) is 13.9 Å². The van der Waals surface area contributed by atoms with Crippen molar-refractivity contribution in [3.63, 3.8) is 0 Å². The van der Waals surface area contributed by atoms with Crippen molar-refractivity contribution in [1.29, 1.82) is 0 Å². The molecular weight excluding hydrogens is 448 g/mol. The minimum absolute atomic E-state index is 0.0674. The number of ketones is 1. The minimum Gasteiger partial charge on any atom is -0.333 e. The lowest BCUT2D eigenvalue weighted by atomic mass is 10.1. The van der Waals surface area contributed by atoms with Crippen LogP contribution in [-0.4, -0.2) is 36.0 Å². The maximum Gasteiger partial charge on any atom is 0.350 e. The molecule has 2 aromatic carbocycles. The van der Waals surface area contributed by atoms with Crippen molar-refractivity contribution in [2.24, 2.45) is 0 Å². The summed E-state index contributed by atoms with van der Waals surface area (Å²) < 4.78 is 7.83. The van der Waals surface area contributed by atoms with E-state index >= 15 is 0 Å². The number of amides is 1. The molecule has 1 N–H and O–H groups in total. The van der Waals surface area contributed by atoms with Gasteiger partial charge in [-0.1, -0.05) is 35.0 Å². The Morgan fingerprint density at radius 1 is 1.03 bits per heavy atom. The third-order valence-electron chi connectivity index (χ3n) is 5.44. The summed E-state index contributed by atoms with van der Waals surface area (Å²) in [6, 6.07) is 17.6. The molecule has 1 amide bonds. The van der Waals surface area contributed by atoms with Crippen molar-refractivity contribution in [3.05, 3.63) is 88.5 Å². The first-order chi connectivity index (χ1) is 16.9. The van der Waals surface area contributed by atoms with E-state index in [4.69, 9.17) is 4.52 Å². The molecule has 10 heteroatoms. The molecule has 0 radical (unpaired) electrons. The largest absolute Gasteiger partial charge is 0.350 e. The number of anilines is 1. The molecule has 35 heavy (non-hydrogen) atoms. The number of pyridine rings is 1. The summed E-state index contributed by atoms with van der Waals surface area (Å²) in [5.41, 5.74) is 3.23. The summed E-state index contributed by atoms with van der Waals surface area (Å²) in [4.78, 5) is 41.3. The van der Waals surface area contributed by atoms with E-state index in [2.05, 4.69) is 20.6 Å². The predicted octanol–water partition coefficient (Wildman–Crippen LogP) is 3.36. The van der Waals surface area contributed by atoms with E-state index < -0.39 is 11.6 Å². The summed E-state index contributed by atoms with van der Waals surface area (Å²) >= 11 is 0. The van der Waals surface area contributed by atoms with Gasteiger partial charge in [0.1, 0.15) is 6.54 Å². The number of hydrogen-bond donors (Lipinski definition) is 1. The average Bonchev–Trinajstić information content (AvgIpc) is 3.45. The molecular formula is C25H20N6O4. The van der Waals surface area contributed by atoms with Gasteiger partial charge in [-0.2, -0.15) is 4.98 Å². The number of hydrogen-bond acceptors (Lipinski definition) is 7. The second kappa shape index (κ2) is 8.82. The summed E-state index contributed by atoms with van der Waals surface area (Å²) in [5.74, 6) is 0.117. The highest BCUT2D eigenvalue weighted by molar-refractivity contribution is 5.95. The molecule has 3 aromatic heterocycles. The topological polar surface area (TPSA) is 124 Å². The number of nitrogens with zero attached hydrogens (tertiary/aromatic N) is 5. The highest BCUT2D eigenvalue weighted by atomic mass is 16.5. The van der Waals surface area contributed by atoms with E-state index in [1.54, 1.807) is 42.6 Å². The molecule has 5 aromatic rings. The Hall–Kier alpha value is -4.86. The van der Waals surface area contributed by atoms with Gasteiger partial charge >= 0.3 is 5.69 Å². The highest BCUT2D eigenvalue weighted by Crippen LogP contribution is 2.24. The number of fused-ring (bicyclic) bond motifs is 1. The third-order valence-corrected chi connectivity index (χ3v) is 5.44. The Bertz CT molecular complexity index is 1610. The SMILES string of the molecule is CC(=O)c1ccc(NC(=O)Cn2nc3c(-c4nc(-c5ccc(C)cc5)no4)cccn3c2=O)cc1. The van der Waals surface area contributed by atoms with Crippen LogP contribution in [-0.2, 0) is 11.3 Å². The van der Waals surface area contributed by atoms with Crippen LogP contribution in [0.15, 0.2) is 76.2 Å². The first kappa shape index (κ1) is 22.0. The number of aromatic nitrogens is 5. The lowest BCUT2D eigenvalue weighted by molar-refractivity contribution is -0.117. The number of rotatable bonds is 6. The molecule has 10 nitrogen and oxygen atoms in total. The van der Waals surface area contributed by atoms with Crippen LogP contribution in [0.3, 0.4) is 0 Å². The number of Topliss-reactive ketones (excluding diaryl/α,β-unsaturated/α-hetero) is 1. The van der Waals surface area contributed by atoms with Crippen LogP contribution in [0.4, 0.5) is 5.69 Å². The molecule has 0 unspecified atom stereocenters. The Morgan fingerprint density at radius 3 is 2.49 bits per heavy atom. The smallest absolute Gasteiger partial charge is 0.333 e. The van der Waals surface area contributed by atoms with Gasteiger partial charge in [-0.05, 0) is 50.2 Å². The number of nitrogens with one attached hydrogen (secondary N) is 1. The normalized spacial score (nSPS) is 11.0. The van der Waals surface area contributed by atoms with Crippen LogP contribution in [0, 0.1) is 6.92 Å². The molecule has 5 rings (SSSR count). The molecule has 0 aliphatic carbocycles. The van der Waals surface area contributed by atoms with Gasteiger partial charge in [0, 0.05) is 23.0 Å². The maximum atomic E-state index is 12.9. The van der Waals surface area contributed by atoms with Gasteiger partial charge in [0.05, 0.1) is 5.56 Å². The van der Waals surface area contributed by atoms with Crippen LogP contribution >= 0.6 is 0 Å². The Morgan fingerprint density at radius 2 is 1.77 bits per heavy atom. The monoisotopic (exact) mass is 468 g/mol. The van der Waals surface area contributed by atoms with Gasteiger partial charge in [0.25, 0.3) is 5.89 Å². The molecule has 0 fully saturated rings. The fourth-order valence-corrected chi connectivity index (χ4v) is 3.59. The van der Waals surface area contributed by atoms with E-state index in [1.165, 1.54) is 11.3 Å². The lowest BCUT2D eigenvalue weighted by Gasteiger charge is -2.05. The summed E-state index contributed by atoms with van der Waals surface area (Å²) in [5, 5.41) is 11.1. The predicted molar refractivity (Wildman–Crippen MR) is 128 cm³/mol. The zero-order valence-corrected chi connectivity index (χ0v) is 18.9. The zero-order chi connectivity index (χ0) is 24.5. The van der Waals surface area contributed by atoms with E-state index in [-0.39, 0.29) is 23.9 Å². The first-order valence-electron chi connectivity index (χ1n) is 10.8. The summed E-state index contributed by atoms with van der Waals surface area (Å²) in [6.07, 6.45) is 1.56.